The van der Waals surface area contributed by atoms with Crippen LogP contribution < -0.4 is 11.1 Å². The molecule has 0 bridgehead atoms. The van der Waals surface area contributed by atoms with Crippen LogP contribution in [0.4, 0.5) is 10.5 Å². The van der Waals surface area contributed by atoms with Gasteiger partial charge in [-0.25, -0.2) is 4.79 Å². The van der Waals surface area contributed by atoms with Gasteiger partial charge in [-0.15, -0.1) is 0 Å². The molecule has 0 aliphatic carbocycles. The molecule has 0 aromatic heterocycles. The van der Waals surface area contributed by atoms with Crippen molar-refractivity contribution < 1.29 is 19.1 Å². The summed E-state index contributed by atoms with van der Waals surface area (Å²) in [5.74, 6) is -0.377. The highest BCUT2D eigenvalue weighted by Crippen LogP contribution is 2.15. The lowest BCUT2D eigenvalue weighted by Crippen LogP contribution is -2.42. The van der Waals surface area contributed by atoms with Crippen molar-refractivity contribution in [2.45, 2.75) is 71.6 Å². The van der Waals surface area contributed by atoms with Crippen LogP contribution in [0.2, 0.25) is 0 Å². The summed E-state index contributed by atoms with van der Waals surface area (Å²) in [6, 6.07) is 6.89. The minimum Gasteiger partial charge on any atom is -0.460 e. The standard InChI is InChI=1S/C19H30N2O4/c1-18(2,3)24-16(22)12-15(21-17(23)25-19(4,5)6)11-13-8-7-9-14(20)10-13/h7-10,15H,11-12,20H2,1-6H3,(H,21,23)/t15-/m1/s1. The summed E-state index contributed by atoms with van der Waals surface area (Å²) in [6.45, 7) is 10.8. The zero-order chi connectivity index (χ0) is 19.3. The maximum atomic E-state index is 12.2. The van der Waals surface area contributed by atoms with E-state index >= 15 is 0 Å². The monoisotopic (exact) mass is 350 g/mol. The highest BCUT2D eigenvalue weighted by Gasteiger charge is 2.24. The van der Waals surface area contributed by atoms with Crippen molar-refractivity contribution in [2.75, 3.05) is 5.73 Å². The van der Waals surface area contributed by atoms with E-state index in [0.29, 0.717) is 12.1 Å². The Morgan fingerprint density at radius 1 is 1.08 bits per heavy atom. The quantitative estimate of drug-likeness (QED) is 0.627. The fourth-order valence-corrected chi connectivity index (χ4v) is 2.24. The van der Waals surface area contributed by atoms with Gasteiger partial charge in [0.2, 0.25) is 0 Å². The van der Waals surface area contributed by atoms with Crippen molar-refractivity contribution in [1.29, 1.82) is 0 Å². The minimum atomic E-state index is -0.613. The molecule has 140 valence electrons. The van der Waals surface area contributed by atoms with Crippen molar-refractivity contribution in [3.05, 3.63) is 29.8 Å². The second-order valence-electron chi connectivity index (χ2n) is 8.08. The molecule has 0 heterocycles. The molecule has 1 aromatic rings. The molecule has 0 saturated carbocycles. The summed E-state index contributed by atoms with van der Waals surface area (Å²) >= 11 is 0. The first-order valence-corrected chi connectivity index (χ1v) is 8.40. The largest absolute Gasteiger partial charge is 0.460 e. The number of hydrogen-bond acceptors (Lipinski definition) is 5. The van der Waals surface area contributed by atoms with Crippen molar-refractivity contribution in [2.24, 2.45) is 0 Å². The number of esters is 1. The average molecular weight is 350 g/mol. The van der Waals surface area contributed by atoms with Crippen LogP contribution in [0.15, 0.2) is 24.3 Å². The average Bonchev–Trinajstić information content (AvgIpc) is 2.33. The Morgan fingerprint density at radius 3 is 2.20 bits per heavy atom. The van der Waals surface area contributed by atoms with Crippen LogP contribution >= 0.6 is 0 Å². The van der Waals surface area contributed by atoms with E-state index in [1.54, 1.807) is 47.6 Å². The molecule has 0 aliphatic rings. The molecule has 0 saturated heterocycles. The molecule has 0 unspecified atom stereocenters. The van der Waals surface area contributed by atoms with E-state index < -0.39 is 23.3 Å². The Hall–Kier alpha value is -2.24. The summed E-state index contributed by atoms with van der Waals surface area (Å²) in [6.07, 6.45) is -0.0700. The molecule has 1 atom stereocenters. The van der Waals surface area contributed by atoms with Gasteiger partial charge in [-0.1, -0.05) is 12.1 Å². The number of anilines is 1. The van der Waals surface area contributed by atoms with Crippen LogP contribution in [0.3, 0.4) is 0 Å². The normalized spacial score (nSPS) is 13.0. The van der Waals surface area contributed by atoms with Crippen LogP contribution in [-0.2, 0) is 20.7 Å². The highest BCUT2D eigenvalue weighted by atomic mass is 16.6. The van der Waals surface area contributed by atoms with Crippen LogP contribution in [0.25, 0.3) is 0 Å². The maximum absolute atomic E-state index is 12.2. The number of nitrogen functional groups attached to an aromatic ring is 1. The van der Waals surface area contributed by atoms with Crippen molar-refractivity contribution >= 4 is 17.7 Å². The van der Waals surface area contributed by atoms with Crippen LogP contribution in [0.5, 0.6) is 0 Å². The molecular formula is C19H30N2O4. The van der Waals surface area contributed by atoms with Gasteiger partial charge in [0.1, 0.15) is 11.2 Å². The van der Waals surface area contributed by atoms with Gasteiger partial charge in [0.05, 0.1) is 6.42 Å². The SMILES string of the molecule is CC(C)(C)OC(=O)C[C@@H](Cc1cccc(N)c1)NC(=O)OC(C)(C)C. The van der Waals surface area contributed by atoms with Gasteiger partial charge < -0.3 is 20.5 Å². The van der Waals surface area contributed by atoms with Gasteiger partial charge in [0.15, 0.2) is 0 Å². The first-order chi connectivity index (χ1) is 11.3. The number of nitrogens with one attached hydrogen (secondary N) is 1. The lowest BCUT2D eigenvalue weighted by molar-refractivity contribution is -0.155. The number of carbonyl (C=O) groups excluding carboxylic acids is 2. The van der Waals surface area contributed by atoms with Crippen LogP contribution in [0, 0.1) is 0 Å². The Morgan fingerprint density at radius 2 is 1.68 bits per heavy atom. The summed E-state index contributed by atoms with van der Waals surface area (Å²) < 4.78 is 10.6. The molecule has 6 nitrogen and oxygen atoms in total. The summed E-state index contributed by atoms with van der Waals surface area (Å²) in [5, 5.41) is 2.76. The summed E-state index contributed by atoms with van der Waals surface area (Å²) in [7, 11) is 0. The fraction of sp³-hybridized carbons (Fsp3) is 0.579. The first kappa shape index (κ1) is 20.8. The Balaban J connectivity index is 2.82. The second kappa shape index (κ2) is 8.23. The van der Waals surface area contributed by atoms with Gasteiger partial charge in [-0.05, 0) is 65.7 Å². The van der Waals surface area contributed by atoms with Gasteiger partial charge in [0.25, 0.3) is 0 Å². The fourth-order valence-electron chi connectivity index (χ4n) is 2.24. The lowest BCUT2D eigenvalue weighted by atomic mass is 10.0. The zero-order valence-corrected chi connectivity index (χ0v) is 16.0. The lowest BCUT2D eigenvalue weighted by Gasteiger charge is -2.25. The molecule has 1 aromatic carbocycles. The van der Waals surface area contributed by atoms with E-state index in [1.807, 2.05) is 18.2 Å². The third-order valence-electron chi connectivity index (χ3n) is 2.99. The number of hydrogen-bond donors (Lipinski definition) is 2. The number of alkyl carbamates (subject to hydrolysis) is 1. The van der Waals surface area contributed by atoms with Gasteiger partial charge in [0, 0.05) is 11.7 Å². The summed E-state index contributed by atoms with van der Waals surface area (Å²) in [5.41, 5.74) is 6.16. The van der Waals surface area contributed by atoms with Crippen molar-refractivity contribution in [1.82, 2.24) is 5.32 Å². The third-order valence-corrected chi connectivity index (χ3v) is 2.99. The van der Waals surface area contributed by atoms with E-state index in [9.17, 15) is 9.59 Å². The molecule has 0 radical (unpaired) electrons. The van der Waals surface area contributed by atoms with Crippen LogP contribution in [-0.4, -0.2) is 29.3 Å². The molecular weight excluding hydrogens is 320 g/mol. The molecule has 3 N–H and O–H groups in total. The van der Waals surface area contributed by atoms with Gasteiger partial charge in [-0.3, -0.25) is 4.79 Å². The summed E-state index contributed by atoms with van der Waals surface area (Å²) in [4.78, 5) is 24.2. The molecule has 0 fully saturated rings. The first-order valence-electron chi connectivity index (χ1n) is 8.40. The van der Waals surface area contributed by atoms with E-state index in [0.717, 1.165) is 5.56 Å². The predicted molar refractivity (Wildman–Crippen MR) is 98.2 cm³/mol. The number of nitrogens with two attached hydrogens (primary N) is 1. The zero-order valence-electron chi connectivity index (χ0n) is 16.0. The van der Waals surface area contributed by atoms with Gasteiger partial charge >= 0.3 is 12.1 Å². The number of ether oxygens (including phenoxy) is 2. The predicted octanol–water partition coefficient (Wildman–Crippen LogP) is 3.44. The Kier molecular flexibility index (Phi) is 6.85. The van der Waals surface area contributed by atoms with Crippen LogP contribution in [0.1, 0.15) is 53.5 Å². The molecule has 6 heteroatoms. The smallest absolute Gasteiger partial charge is 0.407 e. The van der Waals surface area contributed by atoms with Crippen molar-refractivity contribution in [3.63, 3.8) is 0 Å². The Labute approximate surface area is 150 Å². The second-order valence-corrected chi connectivity index (χ2v) is 8.08. The number of amides is 1. The number of rotatable bonds is 5. The van der Waals surface area contributed by atoms with E-state index in [-0.39, 0.29) is 12.4 Å². The molecule has 0 spiro atoms. The van der Waals surface area contributed by atoms with Gasteiger partial charge in [-0.2, -0.15) is 0 Å². The van der Waals surface area contributed by atoms with E-state index in [1.165, 1.54) is 0 Å². The topological polar surface area (TPSA) is 90.6 Å². The number of carbonyl (C=O) groups is 2. The van der Waals surface area contributed by atoms with Crippen molar-refractivity contribution in [3.8, 4) is 0 Å². The minimum absolute atomic E-state index is 0.0469. The Bertz CT molecular complexity index is 570. The molecule has 0 aliphatic heterocycles. The molecule has 25 heavy (non-hydrogen) atoms. The highest BCUT2D eigenvalue weighted by molar-refractivity contribution is 5.73. The molecule has 1 rings (SSSR count). The van der Waals surface area contributed by atoms with E-state index in [2.05, 4.69) is 5.32 Å². The maximum Gasteiger partial charge on any atom is 0.407 e. The molecule has 1 amide bonds. The van der Waals surface area contributed by atoms with E-state index in [4.69, 9.17) is 15.2 Å². The third kappa shape index (κ3) is 9.59. The number of benzene rings is 1.